The van der Waals surface area contributed by atoms with E-state index >= 15 is 0 Å². The molecule has 1 aromatic carbocycles. The number of nitrogens with one attached hydrogen (secondary N) is 1. The smallest absolute Gasteiger partial charge is 0.124 e. The highest BCUT2D eigenvalue weighted by atomic mass is 79.9. The summed E-state index contributed by atoms with van der Waals surface area (Å²) in [5, 5.41) is 1.83. The van der Waals surface area contributed by atoms with Gasteiger partial charge in [0.1, 0.15) is 5.82 Å². The van der Waals surface area contributed by atoms with Gasteiger partial charge in [0.05, 0.1) is 6.04 Å². The quantitative estimate of drug-likeness (QED) is 0.822. The zero-order valence-electron chi connectivity index (χ0n) is 8.80. The molecule has 0 aliphatic rings. The Labute approximate surface area is 97.5 Å². The molecule has 0 saturated heterocycles. The third-order valence-corrected chi connectivity index (χ3v) is 2.67. The predicted molar refractivity (Wildman–Crippen MR) is 62.7 cm³/mol. The van der Waals surface area contributed by atoms with Crippen LogP contribution in [0.3, 0.4) is 0 Å². The number of hydrogen-bond acceptors (Lipinski definition) is 3. The van der Waals surface area contributed by atoms with Crippen molar-refractivity contribution in [1.29, 1.82) is 0 Å². The van der Waals surface area contributed by atoms with E-state index in [1.165, 1.54) is 12.1 Å². The molecular formula is C10H15BrFN3. The topological polar surface area (TPSA) is 41.3 Å². The van der Waals surface area contributed by atoms with Crippen molar-refractivity contribution in [1.82, 2.24) is 10.4 Å². The molecule has 1 rings (SSSR count). The Hall–Kier alpha value is -0.490. The Morgan fingerprint density at radius 1 is 1.53 bits per heavy atom. The average Bonchev–Trinajstić information content (AvgIpc) is 2.14. The molecular weight excluding hydrogens is 261 g/mol. The van der Waals surface area contributed by atoms with Crippen molar-refractivity contribution in [2.45, 2.75) is 6.04 Å². The van der Waals surface area contributed by atoms with Crippen molar-refractivity contribution in [2.75, 3.05) is 20.6 Å². The Kier molecular flexibility index (Phi) is 4.66. The molecule has 1 atom stereocenters. The largest absolute Gasteiger partial charge is 0.329 e. The summed E-state index contributed by atoms with van der Waals surface area (Å²) in [7, 11) is 3.78. The van der Waals surface area contributed by atoms with E-state index < -0.39 is 0 Å². The summed E-state index contributed by atoms with van der Waals surface area (Å²) >= 11 is 3.32. The molecule has 0 aliphatic carbocycles. The molecule has 0 aliphatic heterocycles. The molecule has 0 radical (unpaired) electrons. The van der Waals surface area contributed by atoms with Crippen LogP contribution in [0.25, 0.3) is 0 Å². The molecule has 0 spiro atoms. The highest BCUT2D eigenvalue weighted by molar-refractivity contribution is 9.10. The second-order valence-electron chi connectivity index (χ2n) is 3.48. The minimum absolute atomic E-state index is 0.0185. The van der Waals surface area contributed by atoms with Crippen molar-refractivity contribution in [3.63, 3.8) is 0 Å². The van der Waals surface area contributed by atoms with Crippen LogP contribution < -0.4 is 11.2 Å². The van der Waals surface area contributed by atoms with E-state index in [-0.39, 0.29) is 11.9 Å². The fourth-order valence-corrected chi connectivity index (χ4v) is 1.97. The van der Waals surface area contributed by atoms with Gasteiger partial charge in [-0.1, -0.05) is 22.0 Å². The molecule has 0 bridgehead atoms. The first-order chi connectivity index (χ1) is 7.04. The van der Waals surface area contributed by atoms with Crippen LogP contribution in [0.2, 0.25) is 0 Å². The molecule has 84 valence electrons. The molecule has 0 amide bonds. The van der Waals surface area contributed by atoms with Gasteiger partial charge in [0.25, 0.3) is 0 Å². The SMILES string of the molecule is CN(C)NC(CN)c1ccc(F)cc1Br. The summed E-state index contributed by atoms with van der Waals surface area (Å²) in [6, 6.07) is 4.58. The zero-order chi connectivity index (χ0) is 11.4. The van der Waals surface area contributed by atoms with Gasteiger partial charge in [-0.05, 0) is 17.7 Å². The van der Waals surface area contributed by atoms with Gasteiger partial charge < -0.3 is 5.73 Å². The van der Waals surface area contributed by atoms with Crippen molar-refractivity contribution in [3.8, 4) is 0 Å². The van der Waals surface area contributed by atoms with Gasteiger partial charge in [-0.15, -0.1) is 0 Å². The van der Waals surface area contributed by atoms with Gasteiger partial charge in [-0.25, -0.2) is 14.8 Å². The molecule has 1 unspecified atom stereocenters. The Morgan fingerprint density at radius 2 is 2.20 bits per heavy atom. The zero-order valence-corrected chi connectivity index (χ0v) is 10.4. The van der Waals surface area contributed by atoms with Crippen LogP contribution in [0.4, 0.5) is 4.39 Å². The standard InChI is InChI=1S/C10H15BrFN3/c1-15(2)14-10(6-13)8-4-3-7(12)5-9(8)11/h3-5,10,14H,6,13H2,1-2H3. The molecule has 0 heterocycles. The number of rotatable bonds is 4. The number of hydrazine groups is 1. The van der Waals surface area contributed by atoms with Gasteiger partial charge >= 0.3 is 0 Å². The molecule has 1 aromatic rings. The average molecular weight is 276 g/mol. The van der Waals surface area contributed by atoms with Crippen molar-refractivity contribution in [2.24, 2.45) is 5.73 Å². The number of hydrogen-bond donors (Lipinski definition) is 2. The van der Waals surface area contributed by atoms with E-state index in [1.54, 1.807) is 6.07 Å². The van der Waals surface area contributed by atoms with Crippen LogP contribution >= 0.6 is 15.9 Å². The summed E-state index contributed by atoms with van der Waals surface area (Å²) in [5.41, 5.74) is 9.77. The molecule has 5 heteroatoms. The molecule has 0 fully saturated rings. The Morgan fingerprint density at radius 3 is 2.67 bits per heavy atom. The molecule has 3 nitrogen and oxygen atoms in total. The lowest BCUT2D eigenvalue weighted by atomic mass is 10.1. The van der Waals surface area contributed by atoms with Crippen LogP contribution in [0.15, 0.2) is 22.7 Å². The fraction of sp³-hybridized carbons (Fsp3) is 0.400. The van der Waals surface area contributed by atoms with Crippen molar-refractivity contribution >= 4 is 15.9 Å². The maximum Gasteiger partial charge on any atom is 0.124 e. The van der Waals surface area contributed by atoms with E-state index in [0.29, 0.717) is 6.54 Å². The second kappa shape index (κ2) is 5.55. The molecule has 3 N–H and O–H groups in total. The third kappa shape index (κ3) is 3.53. The van der Waals surface area contributed by atoms with Gasteiger partial charge in [-0.2, -0.15) is 0 Å². The monoisotopic (exact) mass is 275 g/mol. The van der Waals surface area contributed by atoms with E-state index in [2.05, 4.69) is 21.4 Å². The number of halogens is 2. The number of nitrogens with two attached hydrogens (primary N) is 1. The van der Waals surface area contributed by atoms with Crippen LogP contribution in [-0.2, 0) is 0 Å². The highest BCUT2D eigenvalue weighted by Crippen LogP contribution is 2.23. The molecule has 0 saturated carbocycles. The van der Waals surface area contributed by atoms with Gasteiger partial charge in [0, 0.05) is 25.1 Å². The lowest BCUT2D eigenvalue weighted by molar-refractivity contribution is 0.245. The normalized spacial score (nSPS) is 13.2. The first-order valence-corrected chi connectivity index (χ1v) is 5.42. The van der Waals surface area contributed by atoms with Crippen LogP contribution in [-0.4, -0.2) is 25.6 Å². The van der Waals surface area contributed by atoms with Crippen molar-refractivity contribution < 1.29 is 4.39 Å². The maximum absolute atomic E-state index is 12.9. The van der Waals surface area contributed by atoms with E-state index in [0.717, 1.165) is 10.0 Å². The predicted octanol–water partition coefficient (Wildman–Crippen LogP) is 1.65. The first-order valence-electron chi connectivity index (χ1n) is 4.63. The Bertz CT molecular complexity index is 330. The van der Waals surface area contributed by atoms with Crippen LogP contribution in [0.1, 0.15) is 11.6 Å². The Balaban J connectivity index is 2.91. The lowest BCUT2D eigenvalue weighted by Gasteiger charge is -2.22. The second-order valence-corrected chi connectivity index (χ2v) is 4.33. The van der Waals surface area contributed by atoms with Gasteiger partial charge in [-0.3, -0.25) is 0 Å². The summed E-state index contributed by atoms with van der Waals surface area (Å²) < 4.78 is 13.6. The molecule has 15 heavy (non-hydrogen) atoms. The van der Waals surface area contributed by atoms with E-state index in [9.17, 15) is 4.39 Å². The number of benzene rings is 1. The van der Waals surface area contributed by atoms with Crippen molar-refractivity contribution in [3.05, 3.63) is 34.1 Å². The van der Waals surface area contributed by atoms with E-state index in [1.807, 2.05) is 19.1 Å². The van der Waals surface area contributed by atoms with E-state index in [4.69, 9.17) is 5.73 Å². The molecule has 0 aromatic heterocycles. The van der Waals surface area contributed by atoms with Gasteiger partial charge in [0.15, 0.2) is 0 Å². The minimum Gasteiger partial charge on any atom is -0.329 e. The maximum atomic E-state index is 12.9. The third-order valence-electron chi connectivity index (χ3n) is 1.99. The fourth-order valence-electron chi connectivity index (χ4n) is 1.34. The van der Waals surface area contributed by atoms with Crippen LogP contribution in [0, 0.1) is 5.82 Å². The summed E-state index contributed by atoms with van der Waals surface area (Å²) in [6.45, 7) is 0.447. The lowest BCUT2D eigenvalue weighted by Crippen LogP contribution is -2.38. The minimum atomic E-state index is -0.258. The summed E-state index contributed by atoms with van der Waals surface area (Å²) in [6.07, 6.45) is 0. The summed E-state index contributed by atoms with van der Waals surface area (Å²) in [5.74, 6) is -0.258. The summed E-state index contributed by atoms with van der Waals surface area (Å²) in [4.78, 5) is 0. The number of nitrogens with zero attached hydrogens (tertiary/aromatic N) is 1. The van der Waals surface area contributed by atoms with Crippen LogP contribution in [0.5, 0.6) is 0 Å². The first kappa shape index (κ1) is 12.6. The highest BCUT2D eigenvalue weighted by Gasteiger charge is 2.13. The van der Waals surface area contributed by atoms with Gasteiger partial charge in [0.2, 0.25) is 0 Å².